The molecule has 1 heterocycles. The van der Waals surface area contributed by atoms with E-state index in [1.807, 2.05) is 0 Å². The van der Waals surface area contributed by atoms with Crippen LogP contribution in [0, 0.1) is 0 Å². The normalized spacial score (nSPS) is 22.9. The minimum absolute atomic E-state index is 0.638. The lowest BCUT2D eigenvalue weighted by molar-refractivity contribution is 0.0967. The maximum absolute atomic E-state index is 3.50. The predicted molar refractivity (Wildman–Crippen MR) is 87.3 cm³/mol. The third-order valence-electron chi connectivity index (χ3n) is 4.95. The summed E-state index contributed by atoms with van der Waals surface area (Å²) in [5.41, 5.74) is 0. The fourth-order valence-corrected chi connectivity index (χ4v) is 3.65. The molecule has 0 atom stereocenters. The van der Waals surface area contributed by atoms with Crippen molar-refractivity contribution < 1.29 is 0 Å². The molecule has 2 aliphatic rings. The van der Waals surface area contributed by atoms with Gasteiger partial charge in [0.1, 0.15) is 0 Å². The van der Waals surface area contributed by atoms with Crippen LogP contribution in [0.15, 0.2) is 0 Å². The van der Waals surface area contributed by atoms with Gasteiger partial charge >= 0.3 is 0 Å². The van der Waals surface area contributed by atoms with Crippen LogP contribution in [-0.2, 0) is 0 Å². The second-order valence-electron chi connectivity index (χ2n) is 6.99. The Labute approximate surface area is 126 Å². The van der Waals surface area contributed by atoms with Crippen LogP contribution in [0.1, 0.15) is 58.8 Å². The molecule has 0 bridgehead atoms. The van der Waals surface area contributed by atoms with Crippen LogP contribution < -0.4 is 5.32 Å². The van der Waals surface area contributed by atoms with Crippen molar-refractivity contribution in [3.8, 4) is 0 Å². The molecule has 0 spiro atoms. The zero-order valence-electron chi connectivity index (χ0n) is 13.7. The van der Waals surface area contributed by atoms with Crippen molar-refractivity contribution in [2.45, 2.75) is 70.9 Å². The van der Waals surface area contributed by atoms with Crippen molar-refractivity contribution in [2.24, 2.45) is 0 Å². The Kier molecular flexibility index (Phi) is 7.32. The Morgan fingerprint density at radius 3 is 2.30 bits per heavy atom. The molecular weight excluding hydrogens is 246 g/mol. The summed E-state index contributed by atoms with van der Waals surface area (Å²) in [5, 5.41) is 3.50. The van der Waals surface area contributed by atoms with Crippen LogP contribution in [0.5, 0.6) is 0 Å². The summed E-state index contributed by atoms with van der Waals surface area (Å²) in [6.45, 7) is 12.2. The van der Waals surface area contributed by atoms with Gasteiger partial charge < -0.3 is 10.2 Å². The van der Waals surface area contributed by atoms with Gasteiger partial charge in [0, 0.05) is 38.3 Å². The Morgan fingerprint density at radius 2 is 1.65 bits per heavy atom. The van der Waals surface area contributed by atoms with Crippen molar-refractivity contribution in [2.75, 3.05) is 39.3 Å². The standard InChI is InChI=1S/C17H35N3/c1-16(2)18-10-6-3-7-11-19-12-14-20(15-13-19)17-8-4-5-9-17/h16-18H,3-15H2,1-2H3. The van der Waals surface area contributed by atoms with Gasteiger partial charge in [-0.15, -0.1) is 0 Å². The molecule has 118 valence electrons. The first kappa shape index (κ1) is 16.3. The van der Waals surface area contributed by atoms with Gasteiger partial charge in [-0.2, -0.15) is 0 Å². The minimum atomic E-state index is 0.638. The molecule has 0 unspecified atom stereocenters. The number of rotatable bonds is 8. The molecule has 1 N–H and O–H groups in total. The van der Waals surface area contributed by atoms with Gasteiger partial charge in [0.2, 0.25) is 0 Å². The van der Waals surface area contributed by atoms with Crippen LogP contribution in [0.3, 0.4) is 0 Å². The van der Waals surface area contributed by atoms with E-state index in [4.69, 9.17) is 0 Å². The predicted octanol–water partition coefficient (Wildman–Crippen LogP) is 2.71. The van der Waals surface area contributed by atoms with E-state index < -0.39 is 0 Å². The molecule has 0 aromatic heterocycles. The third kappa shape index (κ3) is 5.71. The molecule has 20 heavy (non-hydrogen) atoms. The number of hydrogen-bond acceptors (Lipinski definition) is 3. The van der Waals surface area contributed by atoms with Gasteiger partial charge in [-0.1, -0.05) is 33.1 Å². The van der Waals surface area contributed by atoms with Crippen molar-refractivity contribution >= 4 is 0 Å². The largest absolute Gasteiger partial charge is 0.315 e. The van der Waals surface area contributed by atoms with Crippen LogP contribution in [0.2, 0.25) is 0 Å². The highest BCUT2D eigenvalue weighted by Crippen LogP contribution is 2.24. The molecule has 0 radical (unpaired) electrons. The summed E-state index contributed by atoms with van der Waals surface area (Å²) in [4.78, 5) is 5.44. The van der Waals surface area contributed by atoms with Gasteiger partial charge in [-0.05, 0) is 38.8 Å². The number of hydrogen-bond donors (Lipinski definition) is 1. The summed E-state index contributed by atoms with van der Waals surface area (Å²) in [7, 11) is 0. The number of nitrogens with zero attached hydrogens (tertiary/aromatic N) is 2. The maximum Gasteiger partial charge on any atom is 0.0113 e. The first-order valence-electron chi connectivity index (χ1n) is 8.95. The highest BCUT2D eigenvalue weighted by molar-refractivity contribution is 4.81. The molecule has 1 saturated carbocycles. The Balaban J connectivity index is 1.47. The summed E-state index contributed by atoms with van der Waals surface area (Å²) in [6.07, 6.45) is 9.95. The molecule has 0 amide bonds. The van der Waals surface area contributed by atoms with E-state index in [1.165, 1.54) is 84.2 Å². The van der Waals surface area contributed by atoms with E-state index in [2.05, 4.69) is 29.0 Å². The summed E-state index contributed by atoms with van der Waals surface area (Å²) < 4.78 is 0. The fourth-order valence-electron chi connectivity index (χ4n) is 3.65. The smallest absolute Gasteiger partial charge is 0.0113 e. The Bertz CT molecular complexity index is 241. The molecule has 1 aliphatic heterocycles. The summed E-state index contributed by atoms with van der Waals surface area (Å²) in [6, 6.07) is 1.57. The highest BCUT2D eigenvalue weighted by Gasteiger charge is 2.25. The summed E-state index contributed by atoms with van der Waals surface area (Å²) in [5.74, 6) is 0. The first-order chi connectivity index (χ1) is 9.75. The third-order valence-corrected chi connectivity index (χ3v) is 4.95. The lowest BCUT2D eigenvalue weighted by Crippen LogP contribution is -2.49. The van der Waals surface area contributed by atoms with Crippen LogP contribution >= 0.6 is 0 Å². The lowest BCUT2D eigenvalue weighted by atomic mass is 10.1. The van der Waals surface area contributed by atoms with E-state index in [-0.39, 0.29) is 0 Å². The Morgan fingerprint density at radius 1 is 0.950 bits per heavy atom. The molecule has 0 aromatic rings. The van der Waals surface area contributed by atoms with E-state index in [0.717, 1.165) is 6.04 Å². The van der Waals surface area contributed by atoms with Crippen molar-refractivity contribution in [1.29, 1.82) is 0 Å². The van der Waals surface area contributed by atoms with Gasteiger partial charge in [0.25, 0.3) is 0 Å². The number of nitrogens with one attached hydrogen (secondary N) is 1. The Hall–Kier alpha value is -0.120. The van der Waals surface area contributed by atoms with Gasteiger partial charge in [0.05, 0.1) is 0 Å². The molecule has 1 aliphatic carbocycles. The van der Waals surface area contributed by atoms with Crippen LogP contribution in [-0.4, -0.2) is 61.2 Å². The molecule has 1 saturated heterocycles. The van der Waals surface area contributed by atoms with Crippen molar-refractivity contribution in [1.82, 2.24) is 15.1 Å². The summed E-state index contributed by atoms with van der Waals surface area (Å²) >= 11 is 0. The fraction of sp³-hybridized carbons (Fsp3) is 1.00. The topological polar surface area (TPSA) is 18.5 Å². The quantitative estimate of drug-likeness (QED) is 0.690. The first-order valence-corrected chi connectivity index (χ1v) is 8.95. The van der Waals surface area contributed by atoms with Gasteiger partial charge in [0.15, 0.2) is 0 Å². The van der Waals surface area contributed by atoms with E-state index >= 15 is 0 Å². The number of piperazine rings is 1. The zero-order chi connectivity index (χ0) is 14.2. The van der Waals surface area contributed by atoms with Gasteiger partial charge in [-0.25, -0.2) is 0 Å². The van der Waals surface area contributed by atoms with Gasteiger partial charge in [-0.3, -0.25) is 4.90 Å². The van der Waals surface area contributed by atoms with E-state index in [9.17, 15) is 0 Å². The average Bonchev–Trinajstić information content (AvgIpc) is 2.97. The molecule has 2 fully saturated rings. The average molecular weight is 281 g/mol. The highest BCUT2D eigenvalue weighted by atomic mass is 15.3. The minimum Gasteiger partial charge on any atom is -0.315 e. The SMILES string of the molecule is CC(C)NCCCCCN1CCN(C2CCCC2)CC1. The second kappa shape index (κ2) is 9.01. The number of unbranched alkanes of at least 4 members (excludes halogenated alkanes) is 2. The monoisotopic (exact) mass is 281 g/mol. The lowest BCUT2D eigenvalue weighted by Gasteiger charge is -2.38. The van der Waals surface area contributed by atoms with E-state index in [1.54, 1.807) is 0 Å². The zero-order valence-corrected chi connectivity index (χ0v) is 13.7. The molecule has 3 nitrogen and oxygen atoms in total. The van der Waals surface area contributed by atoms with Crippen LogP contribution in [0.4, 0.5) is 0 Å². The van der Waals surface area contributed by atoms with Crippen molar-refractivity contribution in [3.63, 3.8) is 0 Å². The molecule has 3 heteroatoms. The van der Waals surface area contributed by atoms with Crippen LogP contribution in [0.25, 0.3) is 0 Å². The van der Waals surface area contributed by atoms with Crippen molar-refractivity contribution in [3.05, 3.63) is 0 Å². The molecule has 2 rings (SSSR count). The second-order valence-corrected chi connectivity index (χ2v) is 6.99. The van der Waals surface area contributed by atoms with E-state index in [0.29, 0.717) is 6.04 Å². The maximum atomic E-state index is 3.50. The molecule has 0 aromatic carbocycles. The molecular formula is C17H35N3.